The van der Waals surface area contributed by atoms with Gasteiger partial charge in [0.25, 0.3) is 10.0 Å². The van der Waals surface area contributed by atoms with Gasteiger partial charge in [0.1, 0.15) is 5.75 Å². The van der Waals surface area contributed by atoms with Gasteiger partial charge in [-0.1, -0.05) is 75.3 Å². The van der Waals surface area contributed by atoms with Gasteiger partial charge in [-0.2, -0.15) is 0 Å². The van der Waals surface area contributed by atoms with Crippen molar-refractivity contribution in [3.05, 3.63) is 82.8 Å². The van der Waals surface area contributed by atoms with Crippen LogP contribution in [-0.4, -0.2) is 16.7 Å². The molecule has 0 atom stereocenters. The molecule has 0 heterocycles. The molecule has 0 amide bonds. The smallest absolute Gasteiger partial charge is 0.257 e. The predicted molar refractivity (Wildman–Crippen MR) is 136 cm³/mol. The monoisotopic (exact) mass is 507 g/mol. The van der Waals surface area contributed by atoms with Gasteiger partial charge in [-0.25, -0.2) is 8.42 Å². The fourth-order valence-electron chi connectivity index (χ4n) is 3.10. The van der Waals surface area contributed by atoms with Crippen LogP contribution in [0.4, 0.5) is 5.69 Å². The van der Waals surface area contributed by atoms with Gasteiger partial charge in [0.15, 0.2) is 14.0 Å². The van der Waals surface area contributed by atoms with Gasteiger partial charge in [0.05, 0.1) is 10.6 Å². The second-order valence-corrected chi connectivity index (χ2v) is 17.1. The summed E-state index contributed by atoms with van der Waals surface area (Å²) in [7, 11) is -6.61. The normalized spacial score (nSPS) is 12.5. The molecule has 0 fully saturated rings. The second kappa shape index (κ2) is 9.10. The molecule has 0 aromatic heterocycles. The molecule has 0 bridgehead atoms. The first-order chi connectivity index (χ1) is 14.8. The summed E-state index contributed by atoms with van der Waals surface area (Å²) in [5.41, 5.74) is 0.458. The summed E-state index contributed by atoms with van der Waals surface area (Å²) < 4.78 is 35.8. The zero-order chi connectivity index (χ0) is 23.7. The van der Waals surface area contributed by atoms with Gasteiger partial charge in [0.2, 0.25) is 0 Å². The van der Waals surface area contributed by atoms with Crippen molar-refractivity contribution in [2.75, 3.05) is 3.97 Å². The lowest BCUT2D eigenvalue weighted by molar-refractivity contribution is 0.483. The van der Waals surface area contributed by atoms with Gasteiger partial charge in [-0.3, -0.25) is 3.97 Å². The Morgan fingerprint density at radius 1 is 0.844 bits per heavy atom. The van der Waals surface area contributed by atoms with Gasteiger partial charge in [-0.15, -0.1) is 0 Å². The minimum Gasteiger partial charge on any atom is -0.455 e. The number of hydrogen-bond acceptors (Lipinski definition) is 3. The van der Waals surface area contributed by atoms with Gasteiger partial charge >= 0.3 is 0 Å². The third-order valence-corrected chi connectivity index (χ3v) is 14.9. The lowest BCUT2D eigenvalue weighted by Crippen LogP contribution is -2.57. The molecule has 0 saturated carbocycles. The average Bonchev–Trinajstić information content (AvgIpc) is 2.70. The number of sulfonamides is 1. The largest absolute Gasteiger partial charge is 0.455 e. The number of anilines is 1. The minimum absolute atomic E-state index is 0.173. The number of rotatable bonds is 6. The van der Waals surface area contributed by atoms with Gasteiger partial charge in [0, 0.05) is 16.1 Å². The molecule has 170 valence electrons. The number of nitrogens with zero attached hydrogens (tertiary/aromatic N) is 1. The molecule has 0 radical (unpaired) electrons. The van der Waals surface area contributed by atoms with Crippen molar-refractivity contribution in [1.82, 2.24) is 0 Å². The molecule has 0 N–H and O–H groups in total. The van der Waals surface area contributed by atoms with Crippen molar-refractivity contribution in [2.45, 2.75) is 43.8 Å². The van der Waals surface area contributed by atoms with Crippen LogP contribution < -0.4 is 8.71 Å². The highest BCUT2D eigenvalue weighted by Gasteiger charge is 2.48. The Morgan fingerprint density at radius 3 is 1.97 bits per heavy atom. The van der Waals surface area contributed by atoms with E-state index in [1.54, 1.807) is 34.3 Å². The van der Waals surface area contributed by atoms with E-state index in [0.29, 0.717) is 27.2 Å². The van der Waals surface area contributed by atoms with Crippen LogP contribution in [0.1, 0.15) is 20.8 Å². The molecular weight excluding hydrogens is 481 g/mol. The fourth-order valence-corrected chi connectivity index (χ4v) is 9.43. The van der Waals surface area contributed by atoms with E-state index in [0.717, 1.165) is 0 Å². The predicted octanol–water partition coefficient (Wildman–Crippen LogP) is 7.99. The summed E-state index contributed by atoms with van der Waals surface area (Å²) in [6.07, 6.45) is 0. The topological polar surface area (TPSA) is 46.6 Å². The average molecular weight is 509 g/mol. The van der Waals surface area contributed by atoms with Crippen LogP contribution in [0.5, 0.6) is 11.5 Å². The summed E-state index contributed by atoms with van der Waals surface area (Å²) >= 11 is 12.3. The highest BCUT2D eigenvalue weighted by atomic mass is 35.5. The van der Waals surface area contributed by atoms with Crippen LogP contribution in [0.25, 0.3) is 0 Å². The molecule has 0 unspecified atom stereocenters. The Labute approximate surface area is 201 Å². The van der Waals surface area contributed by atoms with E-state index in [2.05, 4.69) is 20.8 Å². The van der Waals surface area contributed by atoms with E-state index in [1.165, 1.54) is 12.1 Å². The van der Waals surface area contributed by atoms with E-state index < -0.39 is 18.3 Å². The minimum atomic E-state index is -3.93. The number of hydrogen-bond donors (Lipinski definition) is 0. The molecule has 8 heteroatoms. The van der Waals surface area contributed by atoms with Gasteiger partial charge in [-0.05, 0) is 53.6 Å². The Bertz CT molecular complexity index is 1190. The van der Waals surface area contributed by atoms with Crippen molar-refractivity contribution in [1.29, 1.82) is 0 Å². The highest BCUT2D eigenvalue weighted by Crippen LogP contribution is 2.47. The first kappa shape index (κ1) is 24.6. The number of benzene rings is 3. The lowest BCUT2D eigenvalue weighted by Gasteiger charge is -2.46. The standard InChI is InChI=1S/C24H27Cl2NO3SSi/c1-24(2,3)32(4,5)27(31(28,29)21-14-11-18(25)12-15-21)22-16-13-19(26)17-23(22)30-20-9-7-6-8-10-20/h6-17H,1-5H3. The molecular formula is C24H27Cl2NO3SSi. The highest BCUT2D eigenvalue weighted by molar-refractivity contribution is 7.94. The van der Waals surface area contributed by atoms with Crippen LogP contribution >= 0.6 is 23.2 Å². The quantitative estimate of drug-likeness (QED) is 0.317. The Hall–Kier alpha value is -1.99. The van der Waals surface area contributed by atoms with E-state index in [9.17, 15) is 8.42 Å². The van der Waals surface area contributed by atoms with E-state index in [4.69, 9.17) is 27.9 Å². The molecule has 32 heavy (non-hydrogen) atoms. The maximum absolute atomic E-state index is 14.1. The van der Waals surface area contributed by atoms with Gasteiger partial charge < -0.3 is 4.74 Å². The van der Waals surface area contributed by atoms with Crippen molar-refractivity contribution in [2.24, 2.45) is 0 Å². The van der Waals surface area contributed by atoms with Crippen molar-refractivity contribution >= 4 is 47.1 Å². The first-order valence-electron chi connectivity index (χ1n) is 10.2. The number of ether oxygens (including phenoxy) is 1. The molecule has 3 aromatic rings. The van der Waals surface area contributed by atoms with Crippen molar-refractivity contribution < 1.29 is 13.2 Å². The third-order valence-electron chi connectivity index (χ3n) is 5.81. The first-order valence-corrected chi connectivity index (χ1v) is 15.3. The second-order valence-electron chi connectivity index (χ2n) is 9.06. The third kappa shape index (κ3) is 4.99. The Kier molecular flexibility index (Phi) is 7.01. The zero-order valence-corrected chi connectivity index (χ0v) is 22.1. The summed E-state index contributed by atoms with van der Waals surface area (Å²) in [5.74, 6) is 0.973. The lowest BCUT2D eigenvalue weighted by atomic mass is 10.2. The van der Waals surface area contributed by atoms with Crippen LogP contribution in [-0.2, 0) is 10.0 Å². The van der Waals surface area contributed by atoms with Crippen LogP contribution in [0.3, 0.4) is 0 Å². The molecule has 0 aliphatic carbocycles. The van der Waals surface area contributed by atoms with E-state index in [1.807, 2.05) is 43.4 Å². The summed E-state index contributed by atoms with van der Waals surface area (Å²) in [6.45, 7) is 10.3. The summed E-state index contributed by atoms with van der Waals surface area (Å²) in [6, 6.07) is 20.5. The molecule has 0 spiro atoms. The Morgan fingerprint density at radius 2 is 1.41 bits per heavy atom. The maximum atomic E-state index is 14.1. The number of para-hydroxylation sites is 1. The van der Waals surface area contributed by atoms with E-state index in [-0.39, 0.29) is 9.93 Å². The molecule has 0 aliphatic rings. The SMILES string of the molecule is CC(C)(C)[Si](C)(C)N(c1ccc(Cl)cc1Oc1ccccc1)S(=O)(=O)c1ccc(Cl)cc1. The maximum Gasteiger partial charge on any atom is 0.257 e. The van der Waals surface area contributed by atoms with Crippen molar-refractivity contribution in [3.63, 3.8) is 0 Å². The number of halogens is 2. The van der Waals surface area contributed by atoms with Crippen LogP contribution in [0.2, 0.25) is 28.2 Å². The molecule has 3 rings (SSSR count). The zero-order valence-electron chi connectivity index (χ0n) is 18.8. The molecule has 0 saturated heterocycles. The summed E-state index contributed by atoms with van der Waals surface area (Å²) in [5, 5.41) is 0.650. The van der Waals surface area contributed by atoms with Crippen LogP contribution in [0.15, 0.2) is 77.7 Å². The summed E-state index contributed by atoms with van der Waals surface area (Å²) in [4.78, 5) is 0.173. The Balaban J connectivity index is 2.27. The van der Waals surface area contributed by atoms with Crippen LogP contribution in [0, 0.1) is 0 Å². The molecule has 0 aliphatic heterocycles. The molecule has 4 nitrogen and oxygen atoms in total. The van der Waals surface area contributed by atoms with E-state index >= 15 is 0 Å². The van der Waals surface area contributed by atoms with Crippen molar-refractivity contribution in [3.8, 4) is 11.5 Å². The fraction of sp³-hybridized carbons (Fsp3) is 0.250. The molecule has 3 aromatic carbocycles.